The van der Waals surface area contributed by atoms with E-state index >= 15 is 0 Å². The fourth-order valence-corrected chi connectivity index (χ4v) is 3.85. The zero-order valence-electron chi connectivity index (χ0n) is 15.4. The number of carbonyl (C=O) groups is 1. The lowest BCUT2D eigenvalue weighted by Gasteiger charge is -2.36. The average Bonchev–Trinajstić information content (AvgIpc) is 2.63. The first-order valence-electron chi connectivity index (χ1n) is 9.44. The summed E-state index contributed by atoms with van der Waals surface area (Å²) in [5.74, 6) is 0.533. The molecule has 2 rings (SSSR count). The second-order valence-corrected chi connectivity index (χ2v) is 6.94. The highest BCUT2D eigenvalue weighted by Crippen LogP contribution is 2.38. The summed E-state index contributed by atoms with van der Waals surface area (Å²) >= 11 is 0. The quantitative estimate of drug-likeness (QED) is 0.604. The number of Topliss-reactive ketones (excluding diaryl/α,β-unsaturated/α-hetero) is 1. The Morgan fingerprint density at radius 1 is 1.08 bits per heavy atom. The summed E-state index contributed by atoms with van der Waals surface area (Å²) in [6.07, 6.45) is 5.88. The first-order chi connectivity index (χ1) is 11.6. The van der Waals surface area contributed by atoms with Crippen molar-refractivity contribution in [3.05, 3.63) is 35.9 Å². The Morgan fingerprint density at radius 2 is 1.67 bits per heavy atom. The topological polar surface area (TPSA) is 35.5 Å². The van der Waals surface area contributed by atoms with Gasteiger partial charge in [0.15, 0.2) is 6.29 Å². The Kier molecular flexibility index (Phi) is 7.44. The highest BCUT2D eigenvalue weighted by molar-refractivity contribution is 5.91. The second-order valence-electron chi connectivity index (χ2n) is 6.94. The molecule has 0 heterocycles. The average molecular weight is 332 g/mol. The van der Waals surface area contributed by atoms with E-state index in [-0.39, 0.29) is 12.2 Å². The largest absolute Gasteiger partial charge is 0.353 e. The van der Waals surface area contributed by atoms with Crippen LogP contribution < -0.4 is 0 Å². The summed E-state index contributed by atoms with van der Waals surface area (Å²) in [6.45, 7) is 7.19. The number of ether oxygens (including phenoxy) is 2. The van der Waals surface area contributed by atoms with E-state index in [4.69, 9.17) is 9.47 Å². The number of carbonyl (C=O) groups excluding carboxylic acids is 1. The van der Waals surface area contributed by atoms with Crippen LogP contribution in [0.3, 0.4) is 0 Å². The molecule has 0 aromatic heterocycles. The normalized spacial score (nSPS) is 18.5. The number of rotatable bonds is 9. The molecule has 0 spiro atoms. The van der Waals surface area contributed by atoms with Crippen molar-refractivity contribution < 1.29 is 14.3 Å². The van der Waals surface area contributed by atoms with E-state index < -0.39 is 5.41 Å². The highest BCUT2D eigenvalue weighted by atomic mass is 16.7. The molecule has 0 amide bonds. The molecule has 1 aliphatic carbocycles. The molecular weight excluding hydrogens is 300 g/mol. The third-order valence-corrected chi connectivity index (χ3v) is 5.21. The van der Waals surface area contributed by atoms with Crippen LogP contribution in [0.15, 0.2) is 30.3 Å². The predicted octanol–water partition coefficient (Wildman–Crippen LogP) is 4.88. The fraction of sp³-hybridized carbons (Fsp3) is 0.667. The van der Waals surface area contributed by atoms with Crippen molar-refractivity contribution >= 4 is 5.78 Å². The van der Waals surface area contributed by atoms with Crippen LogP contribution in [0.25, 0.3) is 0 Å². The van der Waals surface area contributed by atoms with Gasteiger partial charge in [-0.15, -0.1) is 0 Å². The number of hydrogen-bond donors (Lipinski definition) is 0. The lowest BCUT2D eigenvalue weighted by Crippen LogP contribution is -2.42. The van der Waals surface area contributed by atoms with Crippen LogP contribution >= 0.6 is 0 Å². The molecule has 1 aliphatic rings. The first kappa shape index (κ1) is 19.1. The molecule has 24 heavy (non-hydrogen) atoms. The van der Waals surface area contributed by atoms with Crippen molar-refractivity contribution in [2.45, 2.75) is 71.0 Å². The van der Waals surface area contributed by atoms with Gasteiger partial charge in [-0.3, -0.25) is 4.79 Å². The van der Waals surface area contributed by atoms with Crippen LogP contribution in [0.4, 0.5) is 0 Å². The van der Waals surface area contributed by atoms with E-state index in [0.717, 1.165) is 18.4 Å². The van der Waals surface area contributed by atoms with Crippen molar-refractivity contribution in [1.29, 1.82) is 0 Å². The Balaban J connectivity index is 2.28. The third kappa shape index (κ3) is 4.67. The second kappa shape index (κ2) is 9.33. The summed E-state index contributed by atoms with van der Waals surface area (Å²) < 4.78 is 11.5. The molecule has 134 valence electrons. The lowest BCUT2D eigenvalue weighted by molar-refractivity contribution is -0.156. The summed E-state index contributed by atoms with van der Waals surface area (Å²) in [4.78, 5) is 13.5. The van der Waals surface area contributed by atoms with E-state index in [2.05, 4.69) is 19.1 Å². The van der Waals surface area contributed by atoms with Crippen molar-refractivity contribution in [3.8, 4) is 0 Å². The van der Waals surface area contributed by atoms with E-state index in [9.17, 15) is 4.79 Å². The minimum Gasteiger partial charge on any atom is -0.353 e. The molecule has 0 aliphatic heterocycles. The van der Waals surface area contributed by atoms with Gasteiger partial charge in [0.25, 0.3) is 0 Å². The maximum absolute atomic E-state index is 13.5. The molecule has 3 nitrogen and oxygen atoms in total. The van der Waals surface area contributed by atoms with Gasteiger partial charge < -0.3 is 9.47 Å². The molecule has 3 heteroatoms. The highest BCUT2D eigenvalue weighted by Gasteiger charge is 2.41. The fourth-order valence-electron chi connectivity index (χ4n) is 3.85. The zero-order valence-corrected chi connectivity index (χ0v) is 15.4. The van der Waals surface area contributed by atoms with Gasteiger partial charge in [-0.25, -0.2) is 0 Å². The summed E-state index contributed by atoms with van der Waals surface area (Å²) in [6, 6.07) is 10.2. The van der Waals surface area contributed by atoms with Gasteiger partial charge in [0.2, 0.25) is 0 Å². The van der Waals surface area contributed by atoms with Crippen LogP contribution in [-0.4, -0.2) is 25.3 Å². The van der Waals surface area contributed by atoms with Gasteiger partial charge in [0.05, 0.1) is 5.41 Å². The maximum atomic E-state index is 13.5. The molecule has 0 N–H and O–H groups in total. The van der Waals surface area contributed by atoms with Gasteiger partial charge >= 0.3 is 0 Å². The molecule has 0 saturated heterocycles. The predicted molar refractivity (Wildman–Crippen MR) is 97.0 cm³/mol. The monoisotopic (exact) mass is 332 g/mol. The molecule has 0 bridgehead atoms. The van der Waals surface area contributed by atoms with E-state index in [0.29, 0.717) is 25.4 Å². The number of hydrogen-bond acceptors (Lipinski definition) is 3. The summed E-state index contributed by atoms with van der Waals surface area (Å²) in [5, 5.41) is 0. The van der Waals surface area contributed by atoms with Gasteiger partial charge in [0.1, 0.15) is 5.78 Å². The molecule has 1 atom stereocenters. The Labute approximate surface area is 146 Å². The van der Waals surface area contributed by atoms with Crippen molar-refractivity contribution in [1.82, 2.24) is 0 Å². The minimum atomic E-state index is -0.557. The molecule has 1 aromatic carbocycles. The molecule has 1 fully saturated rings. The van der Waals surface area contributed by atoms with Crippen molar-refractivity contribution in [2.75, 3.05) is 13.2 Å². The summed E-state index contributed by atoms with van der Waals surface area (Å²) in [7, 11) is 0. The SMILES string of the molecule is CCOC(CC(C)(C(=O)C1CCCCC1)c1ccccc1)OCC. The number of benzene rings is 1. The molecular formula is C21H32O3. The molecule has 1 saturated carbocycles. The first-order valence-corrected chi connectivity index (χ1v) is 9.44. The van der Waals surface area contributed by atoms with Crippen LogP contribution in [-0.2, 0) is 19.7 Å². The Hall–Kier alpha value is -1.19. The molecule has 1 aromatic rings. The molecule has 1 unspecified atom stereocenters. The van der Waals surface area contributed by atoms with Gasteiger partial charge in [-0.2, -0.15) is 0 Å². The smallest absolute Gasteiger partial charge is 0.158 e. The van der Waals surface area contributed by atoms with E-state index in [1.165, 1.54) is 19.3 Å². The van der Waals surface area contributed by atoms with Crippen LogP contribution in [0.1, 0.15) is 64.9 Å². The van der Waals surface area contributed by atoms with E-state index in [1.54, 1.807) is 0 Å². The van der Waals surface area contributed by atoms with Crippen molar-refractivity contribution in [3.63, 3.8) is 0 Å². The van der Waals surface area contributed by atoms with Gasteiger partial charge in [-0.1, -0.05) is 49.6 Å². The van der Waals surface area contributed by atoms with E-state index in [1.807, 2.05) is 32.0 Å². The lowest BCUT2D eigenvalue weighted by atomic mass is 9.68. The van der Waals surface area contributed by atoms with Crippen LogP contribution in [0.2, 0.25) is 0 Å². The molecule has 0 radical (unpaired) electrons. The Bertz CT molecular complexity index is 487. The van der Waals surface area contributed by atoms with Crippen molar-refractivity contribution in [2.24, 2.45) is 5.92 Å². The Morgan fingerprint density at radius 3 is 2.21 bits per heavy atom. The van der Waals surface area contributed by atoms with Gasteiger partial charge in [0, 0.05) is 25.6 Å². The maximum Gasteiger partial charge on any atom is 0.158 e. The van der Waals surface area contributed by atoms with Gasteiger partial charge in [-0.05, 0) is 39.2 Å². The number of ketones is 1. The third-order valence-electron chi connectivity index (χ3n) is 5.21. The summed E-state index contributed by atoms with van der Waals surface area (Å²) in [5.41, 5.74) is 0.517. The van der Waals surface area contributed by atoms with Crippen LogP contribution in [0, 0.1) is 5.92 Å². The minimum absolute atomic E-state index is 0.174. The standard InChI is InChI=1S/C21H32O3/c1-4-23-19(24-5-2)16-21(3,18-14-10-7-11-15-18)20(22)17-12-8-6-9-13-17/h7,10-11,14-15,17,19H,4-6,8-9,12-13,16H2,1-3H3. The van der Waals surface area contributed by atoms with Crippen LogP contribution in [0.5, 0.6) is 0 Å². The zero-order chi connectivity index (χ0) is 17.4.